The summed E-state index contributed by atoms with van der Waals surface area (Å²) in [5.74, 6) is 2.57. The van der Waals surface area contributed by atoms with Crippen molar-refractivity contribution in [3.05, 3.63) is 71.7 Å². The molecule has 2 aromatic carbocycles. The highest BCUT2D eigenvalue weighted by atomic mass is 16.3. The van der Waals surface area contributed by atoms with Crippen LogP contribution in [0.1, 0.15) is 30.0 Å². The van der Waals surface area contributed by atoms with Gasteiger partial charge >= 0.3 is 0 Å². The third-order valence-electron chi connectivity index (χ3n) is 4.09. The molecule has 4 heteroatoms. The Labute approximate surface area is 142 Å². The maximum absolute atomic E-state index is 5.67. The highest BCUT2D eigenvalue weighted by Gasteiger charge is 2.11. The van der Waals surface area contributed by atoms with E-state index in [1.54, 1.807) is 7.05 Å². The van der Waals surface area contributed by atoms with Gasteiger partial charge < -0.3 is 15.1 Å². The van der Waals surface area contributed by atoms with Crippen LogP contribution in [0, 0.1) is 6.92 Å². The molecule has 1 aromatic heterocycles. The van der Waals surface area contributed by atoms with Gasteiger partial charge in [0.05, 0.1) is 6.04 Å². The lowest BCUT2D eigenvalue weighted by Crippen LogP contribution is -2.38. The minimum atomic E-state index is 0.0532. The van der Waals surface area contributed by atoms with Crippen molar-refractivity contribution in [3.8, 4) is 0 Å². The van der Waals surface area contributed by atoms with Crippen LogP contribution in [-0.4, -0.2) is 13.0 Å². The van der Waals surface area contributed by atoms with Crippen LogP contribution < -0.4 is 10.6 Å². The highest BCUT2D eigenvalue weighted by Crippen LogP contribution is 2.18. The first kappa shape index (κ1) is 16.1. The summed E-state index contributed by atoms with van der Waals surface area (Å²) in [7, 11) is 1.78. The van der Waals surface area contributed by atoms with Gasteiger partial charge in [-0.05, 0) is 42.3 Å². The van der Waals surface area contributed by atoms with E-state index in [1.807, 2.05) is 19.1 Å². The molecule has 0 amide bonds. The molecule has 0 fully saturated rings. The Kier molecular flexibility index (Phi) is 4.85. The van der Waals surface area contributed by atoms with Gasteiger partial charge in [0.25, 0.3) is 0 Å². The summed E-state index contributed by atoms with van der Waals surface area (Å²) in [6, 6.07) is 18.8. The molecule has 0 spiro atoms. The lowest BCUT2D eigenvalue weighted by Gasteiger charge is -2.17. The Hall–Kier alpha value is -2.75. The quantitative estimate of drug-likeness (QED) is 0.560. The summed E-state index contributed by atoms with van der Waals surface area (Å²) in [5.41, 5.74) is 1.25. The first-order valence-electron chi connectivity index (χ1n) is 8.17. The summed E-state index contributed by atoms with van der Waals surface area (Å²) in [4.78, 5) is 4.31. The summed E-state index contributed by atoms with van der Waals surface area (Å²) in [6.45, 7) is 4.72. The van der Waals surface area contributed by atoms with Crippen LogP contribution in [0.5, 0.6) is 0 Å². The number of nitrogens with zero attached hydrogens (tertiary/aromatic N) is 1. The van der Waals surface area contributed by atoms with Gasteiger partial charge in [-0.15, -0.1) is 0 Å². The van der Waals surface area contributed by atoms with Crippen LogP contribution in [-0.2, 0) is 6.54 Å². The van der Waals surface area contributed by atoms with Gasteiger partial charge in [-0.2, -0.15) is 0 Å². The minimum Gasteiger partial charge on any atom is -0.464 e. The van der Waals surface area contributed by atoms with E-state index in [2.05, 4.69) is 65.0 Å². The number of furan rings is 1. The van der Waals surface area contributed by atoms with Gasteiger partial charge in [0.15, 0.2) is 5.96 Å². The predicted molar refractivity (Wildman–Crippen MR) is 99.1 cm³/mol. The Bertz CT molecular complexity index is 845. The predicted octanol–water partition coefficient (Wildman–Crippen LogP) is 4.17. The van der Waals surface area contributed by atoms with Gasteiger partial charge in [-0.1, -0.05) is 42.5 Å². The molecule has 1 unspecified atom stereocenters. The van der Waals surface area contributed by atoms with Gasteiger partial charge in [0.1, 0.15) is 11.5 Å². The van der Waals surface area contributed by atoms with Gasteiger partial charge in [0, 0.05) is 13.6 Å². The number of fused-ring (bicyclic) bond motifs is 1. The van der Waals surface area contributed by atoms with Crippen LogP contribution in [0.15, 0.2) is 64.0 Å². The first-order valence-corrected chi connectivity index (χ1v) is 8.17. The van der Waals surface area contributed by atoms with Crippen molar-refractivity contribution in [3.63, 3.8) is 0 Å². The lowest BCUT2D eigenvalue weighted by molar-refractivity contribution is 0.441. The van der Waals surface area contributed by atoms with Crippen molar-refractivity contribution in [2.45, 2.75) is 26.4 Å². The first-order chi connectivity index (χ1) is 11.7. The number of aryl methyl sites for hydroxylation is 1. The minimum absolute atomic E-state index is 0.0532. The van der Waals surface area contributed by atoms with E-state index < -0.39 is 0 Å². The molecule has 0 saturated carbocycles. The molecule has 24 heavy (non-hydrogen) atoms. The molecule has 124 valence electrons. The monoisotopic (exact) mass is 321 g/mol. The van der Waals surface area contributed by atoms with Crippen molar-refractivity contribution in [2.75, 3.05) is 7.05 Å². The highest BCUT2D eigenvalue weighted by molar-refractivity contribution is 5.86. The number of nitrogens with one attached hydrogen (secondary N) is 2. The number of guanidine groups is 1. The van der Waals surface area contributed by atoms with E-state index in [4.69, 9.17) is 4.42 Å². The number of rotatable bonds is 4. The summed E-state index contributed by atoms with van der Waals surface area (Å²) in [6.07, 6.45) is 0. The van der Waals surface area contributed by atoms with E-state index in [-0.39, 0.29) is 6.04 Å². The maximum Gasteiger partial charge on any atom is 0.191 e. The Morgan fingerprint density at radius 2 is 1.88 bits per heavy atom. The third-order valence-corrected chi connectivity index (χ3v) is 4.09. The average molecular weight is 321 g/mol. The Morgan fingerprint density at radius 1 is 1.08 bits per heavy atom. The second kappa shape index (κ2) is 7.21. The fraction of sp³-hybridized carbons (Fsp3) is 0.250. The fourth-order valence-corrected chi connectivity index (χ4v) is 2.78. The Balaban J connectivity index is 1.67. The smallest absolute Gasteiger partial charge is 0.191 e. The zero-order valence-corrected chi connectivity index (χ0v) is 14.3. The van der Waals surface area contributed by atoms with E-state index in [1.165, 1.54) is 16.3 Å². The number of aliphatic imine (C=N–C) groups is 1. The molecule has 4 nitrogen and oxygen atoms in total. The van der Waals surface area contributed by atoms with Gasteiger partial charge in [-0.3, -0.25) is 4.99 Å². The number of hydrogen-bond donors (Lipinski definition) is 2. The van der Waals surface area contributed by atoms with E-state index in [9.17, 15) is 0 Å². The zero-order valence-electron chi connectivity index (χ0n) is 14.3. The lowest BCUT2D eigenvalue weighted by atomic mass is 10.0. The molecule has 3 aromatic rings. The van der Waals surface area contributed by atoms with Crippen molar-refractivity contribution in [1.29, 1.82) is 0 Å². The SMILES string of the molecule is CN=C(NCc1cccc2ccccc12)NC(C)c1ccc(C)o1. The molecular formula is C20H23N3O. The maximum atomic E-state index is 5.67. The number of benzene rings is 2. The molecule has 3 rings (SSSR count). The van der Waals surface area contributed by atoms with Crippen molar-refractivity contribution in [2.24, 2.45) is 4.99 Å². The van der Waals surface area contributed by atoms with E-state index in [0.717, 1.165) is 17.5 Å². The second-order valence-corrected chi connectivity index (χ2v) is 5.88. The zero-order chi connectivity index (χ0) is 16.9. The topological polar surface area (TPSA) is 49.6 Å². The fourth-order valence-electron chi connectivity index (χ4n) is 2.78. The molecule has 0 aliphatic carbocycles. The molecule has 0 aliphatic heterocycles. The van der Waals surface area contributed by atoms with Crippen LogP contribution in [0.4, 0.5) is 0 Å². The van der Waals surface area contributed by atoms with Crippen molar-refractivity contribution >= 4 is 16.7 Å². The van der Waals surface area contributed by atoms with Crippen molar-refractivity contribution in [1.82, 2.24) is 10.6 Å². The molecular weight excluding hydrogens is 298 g/mol. The van der Waals surface area contributed by atoms with Crippen LogP contribution in [0.25, 0.3) is 10.8 Å². The number of hydrogen-bond acceptors (Lipinski definition) is 2. The largest absolute Gasteiger partial charge is 0.464 e. The van der Waals surface area contributed by atoms with E-state index >= 15 is 0 Å². The third kappa shape index (κ3) is 3.59. The standard InChI is InChI=1S/C20H23N3O/c1-14-11-12-19(24-14)15(2)23-20(21-3)22-13-17-9-6-8-16-7-4-5-10-18(16)17/h4-12,15H,13H2,1-3H3,(H2,21,22,23). The molecule has 0 radical (unpaired) electrons. The molecule has 2 N–H and O–H groups in total. The second-order valence-electron chi connectivity index (χ2n) is 5.88. The molecule has 1 atom stereocenters. The van der Waals surface area contributed by atoms with Crippen LogP contribution in [0.3, 0.4) is 0 Å². The van der Waals surface area contributed by atoms with Crippen LogP contribution in [0.2, 0.25) is 0 Å². The summed E-state index contributed by atoms with van der Waals surface area (Å²) >= 11 is 0. The average Bonchev–Trinajstić information content (AvgIpc) is 3.05. The van der Waals surface area contributed by atoms with Gasteiger partial charge in [0.2, 0.25) is 0 Å². The molecule has 0 saturated heterocycles. The summed E-state index contributed by atoms with van der Waals surface area (Å²) in [5, 5.41) is 9.25. The normalized spacial score (nSPS) is 13.0. The molecule has 1 heterocycles. The molecule has 0 bridgehead atoms. The van der Waals surface area contributed by atoms with Gasteiger partial charge in [-0.25, -0.2) is 0 Å². The summed E-state index contributed by atoms with van der Waals surface area (Å²) < 4.78 is 5.67. The Morgan fingerprint density at radius 3 is 2.62 bits per heavy atom. The molecule has 0 aliphatic rings. The van der Waals surface area contributed by atoms with Crippen molar-refractivity contribution < 1.29 is 4.42 Å². The van der Waals surface area contributed by atoms with E-state index in [0.29, 0.717) is 6.54 Å². The van der Waals surface area contributed by atoms with Crippen LogP contribution >= 0.6 is 0 Å².